The molecule has 8 aromatic rings. The molecule has 3 aliphatic carbocycles. The van der Waals surface area contributed by atoms with E-state index >= 15 is 0 Å². The van der Waals surface area contributed by atoms with Gasteiger partial charge in [-0.05, 0) is 148 Å². The molecule has 2 heteroatoms. The van der Waals surface area contributed by atoms with E-state index in [1.165, 1.54) is 77.8 Å². The van der Waals surface area contributed by atoms with Crippen molar-refractivity contribution in [3.63, 3.8) is 0 Å². The Kier molecular flexibility index (Phi) is 12.0. The van der Waals surface area contributed by atoms with Gasteiger partial charge in [-0.2, -0.15) is 0 Å². The molecule has 8 aromatic carbocycles. The summed E-state index contributed by atoms with van der Waals surface area (Å²) in [4.78, 5) is 4.95. The molecule has 0 aliphatic heterocycles. The minimum Gasteiger partial charge on any atom is -0.337 e. The normalized spacial score (nSPS) is 15.5. The summed E-state index contributed by atoms with van der Waals surface area (Å²) >= 11 is 0. The van der Waals surface area contributed by atoms with Crippen LogP contribution >= 0.6 is 0 Å². The number of rotatable bonds is 12. The van der Waals surface area contributed by atoms with E-state index in [1.54, 1.807) is 0 Å². The van der Waals surface area contributed by atoms with Gasteiger partial charge in [-0.3, -0.25) is 0 Å². The molecule has 0 saturated heterocycles. The highest BCUT2D eigenvalue weighted by atomic mass is 15.1. The van der Waals surface area contributed by atoms with Crippen LogP contribution < -0.4 is 9.80 Å². The van der Waals surface area contributed by atoms with Gasteiger partial charge in [0.05, 0.1) is 0 Å². The highest BCUT2D eigenvalue weighted by Gasteiger charge is 2.21. The average Bonchev–Trinajstić information content (AvgIpc) is 3.42. The van der Waals surface area contributed by atoms with E-state index in [0.717, 1.165) is 55.7 Å². The molecule has 0 spiro atoms. The van der Waals surface area contributed by atoms with E-state index in [1.807, 2.05) is 0 Å². The molecule has 1 unspecified atom stereocenters. The fourth-order valence-corrected chi connectivity index (χ4v) is 10.0. The Balaban J connectivity index is 0.912. The third kappa shape index (κ3) is 9.17. The zero-order valence-corrected chi connectivity index (χ0v) is 37.9. The summed E-state index contributed by atoms with van der Waals surface area (Å²) in [5, 5.41) is 2.52. The van der Waals surface area contributed by atoms with Crippen LogP contribution in [0, 0.1) is 0 Å². The van der Waals surface area contributed by atoms with Crippen molar-refractivity contribution in [2.75, 3.05) is 16.3 Å². The smallest absolute Gasteiger partial charge is 0.0493 e. The monoisotopic (exact) mass is 862 g/mol. The van der Waals surface area contributed by atoms with Gasteiger partial charge in [-0.1, -0.05) is 194 Å². The van der Waals surface area contributed by atoms with Crippen molar-refractivity contribution in [3.8, 4) is 22.3 Å². The third-order valence-electron chi connectivity index (χ3n) is 13.7. The van der Waals surface area contributed by atoms with Crippen LogP contribution in [0.25, 0.3) is 44.2 Å². The van der Waals surface area contributed by atoms with Crippen molar-refractivity contribution < 1.29 is 0 Å². The predicted octanol–water partition coefficient (Wildman–Crippen LogP) is 17.9. The Morgan fingerprint density at radius 1 is 0.418 bits per heavy atom. The summed E-state index contributed by atoms with van der Waals surface area (Å²) in [6, 6.07) is 71.6. The number of allylic oxidation sites excluding steroid dienone is 11. The van der Waals surface area contributed by atoms with Crippen molar-refractivity contribution in [2.24, 2.45) is 0 Å². The fourth-order valence-electron chi connectivity index (χ4n) is 10.0. The molecule has 0 aromatic heterocycles. The van der Waals surface area contributed by atoms with Crippen molar-refractivity contribution >= 4 is 50.4 Å². The van der Waals surface area contributed by atoms with Crippen LogP contribution in [0.5, 0.6) is 0 Å². The lowest BCUT2D eigenvalue weighted by Gasteiger charge is -2.30. The highest BCUT2D eigenvalue weighted by molar-refractivity contribution is 5.97. The van der Waals surface area contributed by atoms with Crippen molar-refractivity contribution in [3.05, 3.63) is 271 Å². The van der Waals surface area contributed by atoms with Crippen molar-refractivity contribution in [1.29, 1.82) is 0 Å². The van der Waals surface area contributed by atoms with Crippen molar-refractivity contribution in [2.45, 2.75) is 38.0 Å². The molecule has 1 atom stereocenters. The van der Waals surface area contributed by atoms with Crippen LogP contribution in [0.15, 0.2) is 254 Å². The number of benzene rings is 8. The largest absolute Gasteiger partial charge is 0.337 e. The van der Waals surface area contributed by atoms with Crippen LogP contribution in [0.1, 0.15) is 54.7 Å². The molecule has 3 aliphatic rings. The molecule has 0 saturated carbocycles. The Bertz CT molecular complexity index is 3200. The first-order chi connectivity index (χ1) is 33.2. The Morgan fingerprint density at radius 2 is 1.04 bits per heavy atom. The molecule has 0 bridgehead atoms. The van der Waals surface area contributed by atoms with Gasteiger partial charge in [-0.25, -0.2) is 0 Å². The average molecular weight is 863 g/mol. The van der Waals surface area contributed by atoms with Gasteiger partial charge < -0.3 is 9.80 Å². The SMILES string of the molecule is C1=CCCC(c2cc(-c3ccccc3)cc(N(CC3=CC=C(c4ccc(N(c5ccc(-c6ccccc6)cc5)c5ccc(C6C=CC=CC6)cc5)cc4)CC3)c3cccc4ccccc34)c2)=C1. The van der Waals surface area contributed by atoms with E-state index in [2.05, 4.69) is 259 Å². The molecular formula is C65H54N2. The van der Waals surface area contributed by atoms with Gasteiger partial charge in [0.1, 0.15) is 0 Å². The minimum atomic E-state index is 0.414. The van der Waals surface area contributed by atoms with E-state index in [0.29, 0.717) is 5.92 Å². The maximum atomic E-state index is 2.56. The van der Waals surface area contributed by atoms with Gasteiger partial charge in [0.2, 0.25) is 0 Å². The highest BCUT2D eigenvalue weighted by Crippen LogP contribution is 2.41. The third-order valence-corrected chi connectivity index (χ3v) is 13.7. The molecule has 0 fully saturated rings. The molecule has 11 rings (SSSR count). The topological polar surface area (TPSA) is 6.48 Å². The number of hydrogen-bond acceptors (Lipinski definition) is 2. The molecule has 324 valence electrons. The second-order valence-electron chi connectivity index (χ2n) is 17.9. The maximum absolute atomic E-state index is 2.56. The molecule has 2 nitrogen and oxygen atoms in total. The zero-order chi connectivity index (χ0) is 44.8. The molecule has 0 radical (unpaired) electrons. The van der Waals surface area contributed by atoms with Gasteiger partial charge in [0.25, 0.3) is 0 Å². The van der Waals surface area contributed by atoms with Crippen LogP contribution in [0.4, 0.5) is 28.4 Å². The lowest BCUT2D eigenvalue weighted by molar-refractivity contribution is 0.854. The zero-order valence-electron chi connectivity index (χ0n) is 37.9. The van der Waals surface area contributed by atoms with E-state index in [-0.39, 0.29) is 0 Å². The van der Waals surface area contributed by atoms with Gasteiger partial charge in [0.15, 0.2) is 0 Å². The Morgan fingerprint density at radius 3 is 1.72 bits per heavy atom. The summed E-state index contributed by atoms with van der Waals surface area (Å²) in [6.07, 6.45) is 25.6. The first kappa shape index (κ1) is 41.7. The molecule has 67 heavy (non-hydrogen) atoms. The lowest BCUT2D eigenvalue weighted by atomic mass is 9.91. The summed E-state index contributed by atoms with van der Waals surface area (Å²) in [6.45, 7) is 0.803. The Hall–Kier alpha value is -7.94. The molecule has 0 N–H and O–H groups in total. The minimum absolute atomic E-state index is 0.414. The maximum Gasteiger partial charge on any atom is 0.0493 e. The summed E-state index contributed by atoms with van der Waals surface area (Å²) < 4.78 is 0. The van der Waals surface area contributed by atoms with Gasteiger partial charge in [0, 0.05) is 46.3 Å². The summed E-state index contributed by atoms with van der Waals surface area (Å²) in [5.41, 5.74) is 18.9. The molecule has 0 heterocycles. The van der Waals surface area contributed by atoms with Crippen LogP contribution in [0.2, 0.25) is 0 Å². The van der Waals surface area contributed by atoms with E-state index in [4.69, 9.17) is 0 Å². The number of fused-ring (bicyclic) bond motifs is 1. The Labute approximate surface area is 396 Å². The quantitative estimate of drug-likeness (QED) is 0.121. The summed E-state index contributed by atoms with van der Waals surface area (Å²) in [5.74, 6) is 0.414. The molecular weight excluding hydrogens is 809 g/mol. The fraction of sp³-hybridized carbons (Fsp3) is 0.108. The number of anilines is 5. The second kappa shape index (κ2) is 19.3. The number of hydrogen-bond donors (Lipinski definition) is 0. The second-order valence-corrected chi connectivity index (χ2v) is 17.9. The van der Waals surface area contributed by atoms with Crippen molar-refractivity contribution in [1.82, 2.24) is 0 Å². The lowest BCUT2D eigenvalue weighted by Crippen LogP contribution is -2.21. The van der Waals surface area contributed by atoms with Gasteiger partial charge in [-0.15, -0.1) is 0 Å². The van der Waals surface area contributed by atoms with Gasteiger partial charge >= 0.3 is 0 Å². The van der Waals surface area contributed by atoms with Crippen LogP contribution in [-0.4, -0.2) is 6.54 Å². The molecule has 0 amide bonds. The van der Waals surface area contributed by atoms with E-state index < -0.39 is 0 Å². The van der Waals surface area contributed by atoms with Crippen LogP contribution in [-0.2, 0) is 0 Å². The first-order valence-electron chi connectivity index (χ1n) is 23.9. The standard InChI is InChI=1S/C65H54N2/c1-5-16-49(17-6-1)54-32-38-60(39-33-54)67(61-40-34-55(35-41-61)50-18-7-2-8-19-50)62-42-36-56(37-43-62)53-30-28-48(29-31-53)47-66(65-27-15-25-57-24-13-14-26-64(57)65)63-45-58(51-20-9-3-10-21-51)44-59(46-63)52-22-11-4-12-23-52/h1-11,13-18,20-22,24-28,30,32-46,50H,12,19,23,29,31,47H2. The predicted molar refractivity (Wildman–Crippen MR) is 287 cm³/mol. The first-order valence-corrected chi connectivity index (χ1v) is 23.9. The number of nitrogens with zero attached hydrogens (tertiary/aromatic N) is 2. The summed E-state index contributed by atoms with van der Waals surface area (Å²) in [7, 11) is 0. The van der Waals surface area contributed by atoms with E-state index in [9.17, 15) is 0 Å². The van der Waals surface area contributed by atoms with Crippen LogP contribution in [0.3, 0.4) is 0 Å².